The van der Waals surface area contributed by atoms with E-state index in [1.165, 1.54) is 57.8 Å². The molecule has 6 unspecified atom stereocenters. The number of rotatable bonds is 18. The minimum absolute atomic E-state index is 0. The molecule has 0 spiro atoms. The van der Waals surface area contributed by atoms with E-state index >= 15 is 0 Å². The summed E-state index contributed by atoms with van der Waals surface area (Å²) in [7, 11) is -7.50. The Labute approximate surface area is 246 Å². The predicted octanol–water partition coefficient (Wildman–Crippen LogP) is 6.54. The van der Waals surface area contributed by atoms with Crippen LogP contribution in [0.15, 0.2) is 0 Å². The molecule has 0 bridgehead atoms. The van der Waals surface area contributed by atoms with Gasteiger partial charge in [0.15, 0.2) is 0 Å². The smallest absolute Gasteiger partial charge is 0.801 e. The zero-order valence-electron chi connectivity index (χ0n) is 22.8. The summed E-state index contributed by atoms with van der Waals surface area (Å²) in [6.45, 7) is 11.8. The normalized spacial score (nSPS) is 15.8. The molecular weight excluding hydrogens is 621 g/mol. The summed E-state index contributed by atoms with van der Waals surface area (Å²) in [6.07, 6.45) is 16.6. The molecule has 0 N–H and O–H groups in total. The topological polar surface area (TPSA) is 120 Å². The van der Waals surface area contributed by atoms with Gasteiger partial charge >= 0.3 is 40.8 Å². The quantitative estimate of drug-likeness (QED) is 0.120. The first-order valence-electron chi connectivity index (χ1n) is 13.2. The second kappa shape index (κ2) is 32.9. The first-order chi connectivity index (χ1) is 15.5. The van der Waals surface area contributed by atoms with Crippen molar-refractivity contribution in [1.29, 1.82) is 0 Å². The molecule has 0 fully saturated rings. The van der Waals surface area contributed by atoms with Gasteiger partial charge in [0.25, 0.3) is 0 Å². The maximum Gasteiger partial charge on any atom is 3.00 e. The Morgan fingerprint density at radius 3 is 0.824 bits per heavy atom. The Hall–Kier alpha value is 1.92. The molecular formula is C24H54NdO6P3. The summed E-state index contributed by atoms with van der Waals surface area (Å²) in [4.78, 5) is 31.3. The van der Waals surface area contributed by atoms with Crippen molar-refractivity contribution in [1.82, 2.24) is 0 Å². The predicted molar refractivity (Wildman–Crippen MR) is 142 cm³/mol. The summed E-state index contributed by atoms with van der Waals surface area (Å²) < 4.78 is 31.3. The molecule has 34 heavy (non-hydrogen) atoms. The zero-order valence-corrected chi connectivity index (χ0v) is 29.0. The molecule has 6 nitrogen and oxygen atoms in total. The van der Waals surface area contributed by atoms with Gasteiger partial charge in [0, 0.05) is 24.1 Å². The fourth-order valence-corrected chi connectivity index (χ4v) is 4.30. The van der Waals surface area contributed by atoms with Crippen LogP contribution < -0.4 is 14.7 Å². The average Bonchev–Trinajstić information content (AvgIpc) is 2.77. The Balaban J connectivity index is -0.000000196. The van der Waals surface area contributed by atoms with Crippen LogP contribution in [-0.2, 0) is 13.7 Å². The third-order valence-electron chi connectivity index (χ3n) is 5.68. The minimum atomic E-state index is -2.50. The molecule has 0 heterocycles. The fourth-order valence-electron chi connectivity index (χ4n) is 2.99. The van der Waals surface area contributed by atoms with E-state index in [9.17, 15) is 28.4 Å². The van der Waals surface area contributed by atoms with Gasteiger partial charge in [-0.3, -0.25) is 0 Å². The van der Waals surface area contributed by atoms with Crippen LogP contribution in [0.25, 0.3) is 0 Å². The first kappa shape index (κ1) is 43.0. The Kier molecular flexibility index (Phi) is 41.7. The summed E-state index contributed by atoms with van der Waals surface area (Å²) in [5, 5.41) is 0. The van der Waals surface area contributed by atoms with E-state index in [0.717, 1.165) is 38.5 Å². The van der Waals surface area contributed by atoms with Gasteiger partial charge in [-0.15, -0.1) is 0 Å². The maximum absolute atomic E-state index is 10.4. The van der Waals surface area contributed by atoms with E-state index < -0.39 is 24.1 Å². The van der Waals surface area contributed by atoms with Crippen molar-refractivity contribution < 1.29 is 69.2 Å². The van der Waals surface area contributed by atoms with Gasteiger partial charge in [0.05, 0.1) is 0 Å². The van der Waals surface area contributed by atoms with Crippen molar-refractivity contribution in [2.24, 2.45) is 0 Å². The van der Waals surface area contributed by atoms with Gasteiger partial charge in [-0.2, -0.15) is 0 Å². The van der Waals surface area contributed by atoms with E-state index in [1.807, 2.05) is 0 Å². The molecule has 6 atom stereocenters. The number of hydrogen-bond acceptors (Lipinski definition) is 6. The standard InChI is InChI=1S/3C8H19O2P.Nd/c3*1-3-4-5-6-7-8(2)11(9)10;/h3*8,11H,3-7H2,1-2H3,(H,9,10);/q;;;+3/p-3. The van der Waals surface area contributed by atoms with Crippen LogP contribution in [0.2, 0.25) is 0 Å². The van der Waals surface area contributed by atoms with Crippen molar-refractivity contribution in [2.45, 2.75) is 155 Å². The Bertz CT molecular complexity index is 417. The molecule has 205 valence electrons. The molecule has 10 heteroatoms. The van der Waals surface area contributed by atoms with Crippen LogP contribution in [0, 0.1) is 40.8 Å². The maximum atomic E-state index is 10.4. The molecule has 0 saturated carbocycles. The summed E-state index contributed by atoms with van der Waals surface area (Å²) in [6, 6.07) is 0. The Morgan fingerprint density at radius 2 is 0.676 bits per heavy atom. The van der Waals surface area contributed by atoms with Crippen LogP contribution >= 0.6 is 24.1 Å². The van der Waals surface area contributed by atoms with E-state index in [2.05, 4.69) is 20.8 Å². The van der Waals surface area contributed by atoms with Crippen molar-refractivity contribution in [3.05, 3.63) is 0 Å². The van der Waals surface area contributed by atoms with Crippen molar-refractivity contribution in [2.75, 3.05) is 0 Å². The molecule has 0 aromatic carbocycles. The van der Waals surface area contributed by atoms with Gasteiger partial charge in [-0.25, -0.2) is 0 Å². The molecule has 0 aromatic heterocycles. The molecule has 0 aliphatic heterocycles. The number of hydrogen-bond donors (Lipinski definition) is 0. The van der Waals surface area contributed by atoms with Crippen LogP contribution in [0.4, 0.5) is 0 Å². The largest absolute Gasteiger partial charge is 3.00 e. The monoisotopic (exact) mass is 673 g/mol. The molecule has 0 saturated heterocycles. The molecule has 0 aliphatic carbocycles. The second-order valence-electron chi connectivity index (χ2n) is 9.21. The summed E-state index contributed by atoms with van der Waals surface area (Å²) in [5.41, 5.74) is -0.259. The molecule has 0 amide bonds. The molecule has 1 radical (unpaired) electrons. The third-order valence-corrected chi connectivity index (χ3v) is 8.96. The molecule has 0 aromatic rings. The van der Waals surface area contributed by atoms with Gasteiger partial charge in [-0.1, -0.05) is 119 Å². The van der Waals surface area contributed by atoms with Crippen molar-refractivity contribution >= 4 is 24.1 Å². The summed E-state index contributed by atoms with van der Waals surface area (Å²) in [5.74, 6) is 0. The van der Waals surface area contributed by atoms with Crippen molar-refractivity contribution in [3.63, 3.8) is 0 Å². The number of unbranched alkanes of at least 4 members (excludes halogenated alkanes) is 9. The third kappa shape index (κ3) is 36.1. The second-order valence-corrected chi connectivity index (χ2v) is 14.1. The SMILES string of the molecule is CCCCCCC(C)[PH](=O)[O-].CCCCCCC(C)[PH](=O)[O-].CCCCCCC(C)[PH](=O)[O-].[Nd+3]. The van der Waals surface area contributed by atoms with Crippen LogP contribution in [-0.4, -0.2) is 17.0 Å². The van der Waals surface area contributed by atoms with E-state index in [1.54, 1.807) is 20.8 Å². The van der Waals surface area contributed by atoms with Crippen LogP contribution in [0.1, 0.15) is 138 Å². The van der Waals surface area contributed by atoms with E-state index in [4.69, 9.17) is 0 Å². The summed E-state index contributed by atoms with van der Waals surface area (Å²) >= 11 is 0. The van der Waals surface area contributed by atoms with Gasteiger partial charge in [-0.05, 0) is 36.2 Å². The average molecular weight is 676 g/mol. The van der Waals surface area contributed by atoms with E-state index in [-0.39, 0.29) is 57.8 Å². The zero-order chi connectivity index (χ0) is 26.1. The van der Waals surface area contributed by atoms with Gasteiger partial charge in [0.2, 0.25) is 0 Å². The van der Waals surface area contributed by atoms with E-state index in [0.29, 0.717) is 0 Å². The van der Waals surface area contributed by atoms with Gasteiger partial charge in [0.1, 0.15) is 0 Å². The molecule has 0 aliphatic rings. The van der Waals surface area contributed by atoms with Crippen LogP contribution in [0.3, 0.4) is 0 Å². The fraction of sp³-hybridized carbons (Fsp3) is 1.00. The van der Waals surface area contributed by atoms with Crippen LogP contribution in [0.5, 0.6) is 0 Å². The minimum Gasteiger partial charge on any atom is -0.801 e. The molecule has 0 rings (SSSR count). The Morgan fingerprint density at radius 1 is 0.471 bits per heavy atom. The first-order valence-corrected chi connectivity index (χ1v) is 17.4. The van der Waals surface area contributed by atoms with Crippen molar-refractivity contribution in [3.8, 4) is 0 Å². The van der Waals surface area contributed by atoms with Gasteiger partial charge < -0.3 is 28.4 Å².